The highest BCUT2D eigenvalue weighted by Crippen LogP contribution is 2.33. The molecule has 1 heterocycles. The molecule has 0 spiro atoms. The Balaban J connectivity index is 1.42. The number of hydrogen-bond acceptors (Lipinski definition) is 7. The van der Waals surface area contributed by atoms with E-state index in [0.717, 1.165) is 11.1 Å². The van der Waals surface area contributed by atoms with Crippen molar-refractivity contribution in [3.8, 4) is 11.1 Å². The largest absolute Gasteiger partial charge is 0.481 e. The van der Waals surface area contributed by atoms with Gasteiger partial charge in [0.1, 0.15) is 11.9 Å². The topological polar surface area (TPSA) is 217 Å². The minimum absolute atomic E-state index is 0.122. The Morgan fingerprint density at radius 3 is 2.40 bits per heavy atom. The van der Waals surface area contributed by atoms with Gasteiger partial charge < -0.3 is 31.9 Å². The predicted octanol–water partition coefficient (Wildman–Crippen LogP) is 2.95. The van der Waals surface area contributed by atoms with Crippen molar-refractivity contribution in [1.29, 1.82) is 0 Å². The molecule has 4 aromatic rings. The number of hydrogen-bond donors (Lipinski definition) is 7. The first-order valence-corrected chi connectivity index (χ1v) is 13.8. The molecule has 0 fully saturated rings. The first kappa shape index (κ1) is 32.3. The van der Waals surface area contributed by atoms with Gasteiger partial charge in [-0.2, -0.15) is 5.10 Å². The van der Waals surface area contributed by atoms with Gasteiger partial charge in [-0.05, 0) is 54.3 Å². The predicted molar refractivity (Wildman–Crippen MR) is 163 cm³/mol. The standard InChI is InChI=1S/C31H31FN6O7/c1-16-5-10-21(32)18(13-16)14-25(39)34-19-8-6-17(7-9-19)20-3-2-4-23-28(20)29(38-37-23)36-26(40)15-22(33)30(43)35-24(31(44)45)11-12-27(41)42/h2-10,13,22,24H,11-12,14-15,33H2,1H3,(H,34,39)(H,35,43)(H,41,42)(H,44,45)(H2,36,37,38,40)/t22-,24-/m0/s1. The molecule has 14 heteroatoms. The lowest BCUT2D eigenvalue weighted by Gasteiger charge is -2.17. The molecule has 13 nitrogen and oxygen atoms in total. The number of carboxylic acid groups (broad SMARTS) is 2. The van der Waals surface area contributed by atoms with Crippen LogP contribution in [0, 0.1) is 12.7 Å². The molecule has 0 aliphatic rings. The number of fused-ring (bicyclic) bond motifs is 1. The molecule has 4 rings (SSSR count). The van der Waals surface area contributed by atoms with Gasteiger partial charge in [0, 0.05) is 12.1 Å². The minimum atomic E-state index is -1.48. The molecule has 0 saturated heterocycles. The number of aromatic amines is 1. The number of amides is 3. The Hall–Kier alpha value is -5.63. The molecule has 3 amide bonds. The van der Waals surface area contributed by atoms with Crippen molar-refractivity contribution >= 4 is 52.1 Å². The summed E-state index contributed by atoms with van der Waals surface area (Å²) in [5.74, 6) is -4.90. The average Bonchev–Trinajstić information content (AvgIpc) is 3.39. The first-order chi connectivity index (χ1) is 21.4. The second kappa shape index (κ2) is 14.2. The van der Waals surface area contributed by atoms with Crippen LogP contribution in [0.2, 0.25) is 0 Å². The number of rotatable bonds is 13. The van der Waals surface area contributed by atoms with Crippen LogP contribution in [0.1, 0.15) is 30.4 Å². The molecule has 0 bridgehead atoms. The Morgan fingerprint density at radius 2 is 1.71 bits per heavy atom. The number of nitrogens with one attached hydrogen (secondary N) is 4. The SMILES string of the molecule is Cc1ccc(F)c(CC(=O)Nc2ccc(-c3cccc4[nH]nc(NC(=O)C[C@H](N)C(=O)N[C@@H](CCC(=O)O)C(=O)O)c34)cc2)c1. The molecule has 0 unspecified atom stereocenters. The Labute approximate surface area is 256 Å². The van der Waals surface area contributed by atoms with Crippen molar-refractivity contribution in [2.45, 2.75) is 44.7 Å². The number of H-pyrrole nitrogens is 1. The monoisotopic (exact) mass is 618 g/mol. The van der Waals surface area contributed by atoms with Crippen molar-refractivity contribution in [2.24, 2.45) is 5.73 Å². The summed E-state index contributed by atoms with van der Waals surface area (Å²) in [7, 11) is 0. The molecule has 0 saturated carbocycles. The smallest absolute Gasteiger partial charge is 0.326 e. The fourth-order valence-electron chi connectivity index (χ4n) is 4.63. The van der Waals surface area contributed by atoms with Crippen molar-refractivity contribution in [1.82, 2.24) is 15.5 Å². The van der Waals surface area contributed by atoms with Gasteiger partial charge in [-0.15, -0.1) is 0 Å². The van der Waals surface area contributed by atoms with Crippen LogP contribution in [0.3, 0.4) is 0 Å². The number of nitrogens with zero attached hydrogens (tertiary/aromatic N) is 1. The van der Waals surface area contributed by atoms with Gasteiger partial charge in [-0.25, -0.2) is 9.18 Å². The van der Waals surface area contributed by atoms with Crippen LogP contribution in [0.15, 0.2) is 60.7 Å². The zero-order chi connectivity index (χ0) is 32.7. The molecule has 0 aliphatic carbocycles. The number of halogens is 1. The molecule has 0 radical (unpaired) electrons. The van der Waals surface area contributed by atoms with Gasteiger partial charge in [0.2, 0.25) is 17.7 Å². The summed E-state index contributed by atoms with van der Waals surface area (Å²) in [6, 6.07) is 14.0. The summed E-state index contributed by atoms with van der Waals surface area (Å²) in [4.78, 5) is 59.9. The number of carbonyl (C=O) groups excluding carboxylic acids is 3. The van der Waals surface area contributed by atoms with Gasteiger partial charge >= 0.3 is 11.9 Å². The number of nitrogens with two attached hydrogens (primary N) is 1. The van der Waals surface area contributed by atoms with Gasteiger partial charge in [-0.1, -0.05) is 42.0 Å². The lowest BCUT2D eigenvalue weighted by atomic mass is 10.0. The van der Waals surface area contributed by atoms with E-state index in [-0.39, 0.29) is 24.6 Å². The van der Waals surface area contributed by atoms with E-state index in [9.17, 15) is 33.5 Å². The van der Waals surface area contributed by atoms with Crippen LogP contribution < -0.4 is 21.7 Å². The van der Waals surface area contributed by atoms with E-state index in [1.807, 2.05) is 13.0 Å². The van der Waals surface area contributed by atoms with Gasteiger partial charge in [0.15, 0.2) is 5.82 Å². The number of benzene rings is 3. The molecule has 3 aromatic carbocycles. The molecule has 2 atom stereocenters. The Kier molecular flexibility index (Phi) is 10.2. The van der Waals surface area contributed by atoms with E-state index >= 15 is 0 Å². The summed E-state index contributed by atoms with van der Waals surface area (Å²) in [6.45, 7) is 1.82. The lowest BCUT2D eigenvalue weighted by molar-refractivity contribution is -0.143. The number of carbonyl (C=O) groups is 5. The van der Waals surface area contributed by atoms with E-state index in [1.54, 1.807) is 48.5 Å². The van der Waals surface area contributed by atoms with Crippen LogP contribution in [0.4, 0.5) is 15.9 Å². The average molecular weight is 619 g/mol. The lowest BCUT2D eigenvalue weighted by Crippen LogP contribution is -2.49. The van der Waals surface area contributed by atoms with Crippen molar-refractivity contribution < 1.29 is 38.6 Å². The minimum Gasteiger partial charge on any atom is -0.481 e. The summed E-state index contributed by atoms with van der Waals surface area (Å²) in [5, 5.41) is 33.1. The Bertz CT molecular complexity index is 1760. The highest BCUT2D eigenvalue weighted by molar-refractivity contribution is 6.07. The summed E-state index contributed by atoms with van der Waals surface area (Å²) in [5.41, 5.74) is 9.51. The molecule has 234 valence electrons. The van der Waals surface area contributed by atoms with Crippen molar-refractivity contribution in [3.63, 3.8) is 0 Å². The summed E-state index contributed by atoms with van der Waals surface area (Å²) < 4.78 is 14.1. The van der Waals surface area contributed by atoms with E-state index in [1.165, 1.54) is 6.07 Å². The van der Waals surface area contributed by atoms with Crippen LogP contribution >= 0.6 is 0 Å². The Morgan fingerprint density at radius 1 is 0.978 bits per heavy atom. The third-order valence-corrected chi connectivity index (χ3v) is 6.88. The molecular formula is C31H31FN6O7. The maximum Gasteiger partial charge on any atom is 0.326 e. The van der Waals surface area contributed by atoms with Crippen molar-refractivity contribution in [3.05, 3.63) is 77.6 Å². The zero-order valence-corrected chi connectivity index (χ0v) is 24.1. The van der Waals surface area contributed by atoms with Crippen LogP contribution in [-0.2, 0) is 30.4 Å². The summed E-state index contributed by atoms with van der Waals surface area (Å²) >= 11 is 0. The zero-order valence-electron chi connectivity index (χ0n) is 24.1. The quantitative estimate of drug-likeness (QED) is 0.117. The van der Waals surface area contributed by atoms with Crippen molar-refractivity contribution in [2.75, 3.05) is 10.6 Å². The van der Waals surface area contributed by atoms with E-state index < -0.39 is 54.5 Å². The third kappa shape index (κ3) is 8.48. The van der Waals surface area contributed by atoms with Crippen LogP contribution in [0.5, 0.6) is 0 Å². The number of anilines is 2. The normalized spacial score (nSPS) is 12.2. The number of aryl methyl sites for hydroxylation is 1. The molecule has 1 aromatic heterocycles. The third-order valence-electron chi connectivity index (χ3n) is 6.88. The maximum atomic E-state index is 14.1. The molecule has 8 N–H and O–H groups in total. The van der Waals surface area contributed by atoms with Gasteiger partial charge in [0.25, 0.3) is 0 Å². The van der Waals surface area contributed by atoms with Crippen LogP contribution in [0.25, 0.3) is 22.0 Å². The first-order valence-electron chi connectivity index (χ1n) is 13.8. The molecule has 0 aliphatic heterocycles. The van der Waals surface area contributed by atoms with Gasteiger partial charge in [0.05, 0.1) is 29.8 Å². The molecular weight excluding hydrogens is 587 g/mol. The highest BCUT2D eigenvalue weighted by atomic mass is 19.1. The highest BCUT2D eigenvalue weighted by Gasteiger charge is 2.26. The number of aliphatic carboxylic acids is 2. The molecule has 45 heavy (non-hydrogen) atoms. The van der Waals surface area contributed by atoms with Gasteiger partial charge in [-0.3, -0.25) is 24.3 Å². The second-order valence-corrected chi connectivity index (χ2v) is 10.4. The summed E-state index contributed by atoms with van der Waals surface area (Å²) in [6.07, 6.45) is -1.45. The van der Waals surface area contributed by atoms with E-state index in [4.69, 9.17) is 10.8 Å². The van der Waals surface area contributed by atoms with Crippen LogP contribution in [-0.4, -0.2) is 62.2 Å². The number of aromatic nitrogens is 2. The fourth-order valence-corrected chi connectivity index (χ4v) is 4.63. The van der Waals surface area contributed by atoms with E-state index in [0.29, 0.717) is 27.7 Å². The second-order valence-electron chi connectivity index (χ2n) is 10.4. The fraction of sp³-hybridized carbons (Fsp3) is 0.226. The maximum absolute atomic E-state index is 14.1. The number of carboxylic acids is 2. The van der Waals surface area contributed by atoms with E-state index in [2.05, 4.69) is 26.1 Å².